The van der Waals surface area contributed by atoms with E-state index in [0.29, 0.717) is 11.1 Å². The number of carbonyl (C=O) groups is 1. The lowest BCUT2D eigenvalue weighted by Crippen LogP contribution is -2.40. The van der Waals surface area contributed by atoms with Gasteiger partial charge < -0.3 is 9.88 Å². The van der Waals surface area contributed by atoms with Crippen LogP contribution in [-0.2, 0) is 17.1 Å². The van der Waals surface area contributed by atoms with E-state index in [1.54, 1.807) is 35.9 Å². The Balaban J connectivity index is 1.60. The second-order valence-corrected chi connectivity index (χ2v) is 9.37. The number of hydrogen-bond donors (Lipinski definition) is 1. The van der Waals surface area contributed by atoms with Crippen molar-refractivity contribution in [2.24, 2.45) is 7.05 Å². The maximum Gasteiger partial charge on any atom is 0.262 e. The monoisotopic (exact) mass is 435 g/mol. The molecule has 158 valence electrons. The smallest absolute Gasteiger partial charge is 0.262 e. The van der Waals surface area contributed by atoms with E-state index < -0.39 is 16.1 Å². The molecule has 0 spiro atoms. The summed E-state index contributed by atoms with van der Waals surface area (Å²) in [5.74, 6) is -0.519. The van der Waals surface area contributed by atoms with E-state index in [4.69, 9.17) is 5.26 Å². The molecule has 1 amide bonds. The second-order valence-electron chi connectivity index (χ2n) is 7.49. The number of rotatable bonds is 5. The number of amides is 1. The molecule has 1 fully saturated rings. The van der Waals surface area contributed by atoms with Crippen molar-refractivity contribution in [3.63, 3.8) is 0 Å². The fourth-order valence-electron chi connectivity index (χ4n) is 3.75. The molecule has 4 rings (SSSR count). The quantitative estimate of drug-likeness (QED) is 0.658. The lowest BCUT2D eigenvalue weighted by molar-refractivity contribution is 0.0936. The first kappa shape index (κ1) is 20.8. The Morgan fingerprint density at radius 1 is 1.13 bits per heavy atom. The average Bonchev–Trinajstić information content (AvgIpc) is 3.42. The molecule has 0 radical (unpaired) electrons. The standard InChI is InChI=1S/C22H21N5O3S/c1-26-14-21(24-15-26)31(29,30)27-12-19(17-5-3-2-4-6-17)20(13-27)25-22(28)18-9-7-16(11-23)8-10-18/h2-10,14-15,19-20H,12-13H2,1H3,(H,25,28)/t19-,20+/m0/s1. The van der Waals surface area contributed by atoms with Gasteiger partial charge in [-0.05, 0) is 29.8 Å². The number of carbonyl (C=O) groups excluding carboxylic acids is 1. The fraction of sp³-hybridized carbons (Fsp3) is 0.227. The van der Waals surface area contributed by atoms with Crippen molar-refractivity contribution in [1.29, 1.82) is 5.26 Å². The summed E-state index contributed by atoms with van der Waals surface area (Å²) in [5, 5.41) is 11.9. The Hall–Kier alpha value is -3.48. The normalized spacial score (nSPS) is 19.1. The maximum absolute atomic E-state index is 13.1. The van der Waals surface area contributed by atoms with Gasteiger partial charge in [0, 0.05) is 37.8 Å². The first-order valence-corrected chi connectivity index (χ1v) is 11.2. The van der Waals surface area contributed by atoms with E-state index in [0.717, 1.165) is 5.56 Å². The van der Waals surface area contributed by atoms with Crippen LogP contribution in [0.15, 0.2) is 72.1 Å². The second kappa shape index (κ2) is 8.34. The van der Waals surface area contributed by atoms with Gasteiger partial charge in [-0.3, -0.25) is 4.79 Å². The van der Waals surface area contributed by atoms with E-state index in [9.17, 15) is 13.2 Å². The molecule has 8 nitrogen and oxygen atoms in total. The van der Waals surface area contributed by atoms with Gasteiger partial charge in [0.2, 0.25) is 0 Å². The molecular formula is C22H21N5O3S. The summed E-state index contributed by atoms with van der Waals surface area (Å²) < 4.78 is 29.2. The van der Waals surface area contributed by atoms with Gasteiger partial charge in [-0.15, -0.1) is 0 Å². The molecule has 31 heavy (non-hydrogen) atoms. The molecule has 2 atom stereocenters. The zero-order chi connectivity index (χ0) is 22.0. The lowest BCUT2D eigenvalue weighted by atomic mass is 9.94. The van der Waals surface area contributed by atoms with Gasteiger partial charge in [0.25, 0.3) is 15.9 Å². The van der Waals surface area contributed by atoms with E-state index in [2.05, 4.69) is 10.3 Å². The Labute approximate surface area is 180 Å². The van der Waals surface area contributed by atoms with Crippen LogP contribution < -0.4 is 5.32 Å². The van der Waals surface area contributed by atoms with Gasteiger partial charge in [-0.25, -0.2) is 13.4 Å². The van der Waals surface area contributed by atoms with Crippen LogP contribution in [0.1, 0.15) is 27.4 Å². The van der Waals surface area contributed by atoms with E-state index in [1.165, 1.54) is 16.8 Å². The van der Waals surface area contributed by atoms with Crippen LogP contribution in [0.3, 0.4) is 0 Å². The number of nitrogens with one attached hydrogen (secondary N) is 1. The Morgan fingerprint density at radius 3 is 2.45 bits per heavy atom. The molecule has 2 heterocycles. The van der Waals surface area contributed by atoms with Crippen molar-refractivity contribution >= 4 is 15.9 Å². The van der Waals surface area contributed by atoms with Crippen LogP contribution in [0, 0.1) is 11.3 Å². The molecule has 0 aliphatic carbocycles. The molecule has 1 aromatic heterocycles. The van der Waals surface area contributed by atoms with E-state index in [1.807, 2.05) is 36.4 Å². The molecule has 0 saturated carbocycles. The summed E-state index contributed by atoms with van der Waals surface area (Å²) in [6, 6.07) is 17.5. The topological polar surface area (TPSA) is 108 Å². The van der Waals surface area contributed by atoms with Gasteiger partial charge in [-0.1, -0.05) is 30.3 Å². The van der Waals surface area contributed by atoms with Crippen molar-refractivity contribution in [2.45, 2.75) is 17.0 Å². The molecule has 3 aromatic rings. The maximum atomic E-state index is 13.1. The Bertz CT molecular complexity index is 1230. The summed E-state index contributed by atoms with van der Waals surface area (Å²) in [4.78, 5) is 16.8. The van der Waals surface area contributed by atoms with Crippen molar-refractivity contribution in [3.8, 4) is 6.07 Å². The highest BCUT2D eigenvalue weighted by molar-refractivity contribution is 7.89. The summed E-state index contributed by atoms with van der Waals surface area (Å²) in [6.45, 7) is 0.377. The number of hydrogen-bond acceptors (Lipinski definition) is 5. The van der Waals surface area contributed by atoms with Gasteiger partial charge in [0.15, 0.2) is 5.03 Å². The molecule has 1 N–H and O–H groups in total. The number of sulfonamides is 1. The van der Waals surface area contributed by atoms with Crippen LogP contribution in [0.5, 0.6) is 0 Å². The summed E-state index contributed by atoms with van der Waals surface area (Å²) in [5.41, 5.74) is 1.83. The van der Waals surface area contributed by atoms with Crippen molar-refractivity contribution in [2.75, 3.05) is 13.1 Å². The number of nitriles is 1. The van der Waals surface area contributed by atoms with Crippen LogP contribution in [-0.4, -0.2) is 47.3 Å². The SMILES string of the molecule is Cn1cnc(S(=O)(=O)N2C[C@@H](NC(=O)c3ccc(C#N)cc3)[C@H](c3ccccc3)C2)c1. The first-order chi connectivity index (χ1) is 14.9. The third-order valence-corrected chi connectivity index (χ3v) is 7.11. The highest BCUT2D eigenvalue weighted by Crippen LogP contribution is 2.31. The van der Waals surface area contributed by atoms with Crippen LogP contribution in [0.2, 0.25) is 0 Å². The first-order valence-electron chi connectivity index (χ1n) is 9.72. The molecule has 2 aromatic carbocycles. The minimum absolute atomic E-state index is 0.0131. The number of imidazole rings is 1. The molecule has 0 unspecified atom stereocenters. The van der Waals surface area contributed by atoms with Gasteiger partial charge >= 0.3 is 0 Å². The fourth-order valence-corrected chi connectivity index (χ4v) is 5.21. The van der Waals surface area contributed by atoms with Crippen LogP contribution >= 0.6 is 0 Å². The third-order valence-electron chi connectivity index (χ3n) is 5.39. The number of aryl methyl sites for hydroxylation is 1. The molecule has 1 aliphatic heterocycles. The van der Waals surface area contributed by atoms with Gasteiger partial charge in [-0.2, -0.15) is 9.57 Å². The molecule has 9 heteroatoms. The highest BCUT2D eigenvalue weighted by atomic mass is 32.2. The summed E-state index contributed by atoms with van der Waals surface area (Å²) in [7, 11) is -2.08. The van der Waals surface area contributed by atoms with Crippen LogP contribution in [0.4, 0.5) is 0 Å². The predicted octanol–water partition coefficient (Wildman–Crippen LogP) is 1.88. The zero-order valence-electron chi connectivity index (χ0n) is 16.8. The Morgan fingerprint density at radius 2 is 1.84 bits per heavy atom. The molecule has 0 bridgehead atoms. The van der Waals surface area contributed by atoms with E-state index in [-0.39, 0.29) is 29.9 Å². The summed E-state index contributed by atoms with van der Waals surface area (Å²) in [6.07, 6.45) is 2.91. The largest absolute Gasteiger partial charge is 0.347 e. The number of aromatic nitrogens is 2. The highest BCUT2D eigenvalue weighted by Gasteiger charge is 2.41. The number of benzene rings is 2. The Kier molecular flexibility index (Phi) is 5.59. The minimum Gasteiger partial charge on any atom is -0.347 e. The average molecular weight is 436 g/mol. The van der Waals surface area contributed by atoms with Crippen molar-refractivity contribution < 1.29 is 13.2 Å². The lowest BCUT2D eigenvalue weighted by Gasteiger charge is -2.20. The van der Waals surface area contributed by atoms with Gasteiger partial charge in [0.1, 0.15) is 0 Å². The molecule has 1 aliphatic rings. The third kappa shape index (κ3) is 4.21. The van der Waals surface area contributed by atoms with Crippen molar-refractivity contribution in [3.05, 3.63) is 83.8 Å². The van der Waals surface area contributed by atoms with E-state index >= 15 is 0 Å². The minimum atomic E-state index is -3.79. The van der Waals surface area contributed by atoms with Crippen molar-refractivity contribution in [1.82, 2.24) is 19.2 Å². The van der Waals surface area contributed by atoms with Crippen LogP contribution in [0.25, 0.3) is 0 Å². The molecular weight excluding hydrogens is 414 g/mol. The molecule has 1 saturated heterocycles. The number of nitrogens with zero attached hydrogens (tertiary/aromatic N) is 4. The predicted molar refractivity (Wildman–Crippen MR) is 114 cm³/mol. The van der Waals surface area contributed by atoms with Gasteiger partial charge in [0.05, 0.1) is 24.0 Å². The summed E-state index contributed by atoms with van der Waals surface area (Å²) >= 11 is 0. The zero-order valence-corrected chi connectivity index (χ0v) is 17.7.